The van der Waals surface area contributed by atoms with Crippen LogP contribution in [0.5, 0.6) is 17.2 Å². The molecule has 1 aromatic rings. The van der Waals surface area contributed by atoms with Crippen molar-refractivity contribution in [3.8, 4) is 17.2 Å². The van der Waals surface area contributed by atoms with Gasteiger partial charge in [-0.25, -0.2) is 0 Å². The first kappa shape index (κ1) is 16.4. The summed E-state index contributed by atoms with van der Waals surface area (Å²) in [6.07, 6.45) is -0.135. The van der Waals surface area contributed by atoms with E-state index in [0.717, 1.165) is 0 Å². The third kappa shape index (κ3) is 3.10. The van der Waals surface area contributed by atoms with E-state index in [9.17, 15) is 4.79 Å². The molecule has 0 aliphatic carbocycles. The highest BCUT2D eigenvalue weighted by Gasteiger charge is 2.28. The fourth-order valence-electron chi connectivity index (χ4n) is 2.49. The lowest BCUT2D eigenvalue weighted by Gasteiger charge is -2.32. The van der Waals surface area contributed by atoms with E-state index < -0.39 is 0 Å². The van der Waals surface area contributed by atoms with Crippen molar-refractivity contribution in [3.63, 3.8) is 0 Å². The highest BCUT2D eigenvalue weighted by molar-refractivity contribution is 5.98. The van der Waals surface area contributed by atoms with Crippen LogP contribution in [-0.4, -0.2) is 64.5 Å². The van der Waals surface area contributed by atoms with Crippen molar-refractivity contribution in [1.29, 1.82) is 0 Å². The molecule has 1 aliphatic rings. The number of morpholine rings is 1. The molecule has 1 amide bonds. The summed E-state index contributed by atoms with van der Waals surface area (Å²) in [5.41, 5.74) is 6.05. The number of methoxy groups -OCH3 is 3. The van der Waals surface area contributed by atoms with Crippen molar-refractivity contribution in [2.24, 2.45) is 5.73 Å². The maximum absolute atomic E-state index is 12.8. The van der Waals surface area contributed by atoms with Crippen LogP contribution in [0.25, 0.3) is 0 Å². The van der Waals surface area contributed by atoms with Gasteiger partial charge in [-0.1, -0.05) is 0 Å². The molecule has 1 aromatic carbocycles. The standard InChI is InChI=1S/C15H22N2O5/c1-19-12-5-4-11(13(20-2)14(12)21-3)15(18)17-6-7-22-10(8-16)9-17/h4-5,10H,6-9,16H2,1-3H3. The van der Waals surface area contributed by atoms with Crippen molar-refractivity contribution in [1.82, 2.24) is 4.90 Å². The molecule has 0 saturated carbocycles. The molecule has 0 spiro atoms. The lowest BCUT2D eigenvalue weighted by atomic mass is 10.1. The van der Waals surface area contributed by atoms with Crippen LogP contribution in [-0.2, 0) is 4.74 Å². The smallest absolute Gasteiger partial charge is 0.257 e. The summed E-state index contributed by atoms with van der Waals surface area (Å²) in [4.78, 5) is 14.5. The fourth-order valence-corrected chi connectivity index (χ4v) is 2.49. The number of hydrogen-bond acceptors (Lipinski definition) is 6. The Morgan fingerprint density at radius 1 is 1.27 bits per heavy atom. The Kier molecular flexibility index (Phi) is 5.46. The zero-order chi connectivity index (χ0) is 16.1. The predicted octanol–water partition coefficient (Wildman–Crippen LogP) is 0.512. The Hall–Kier alpha value is -1.99. The second-order valence-electron chi connectivity index (χ2n) is 4.86. The largest absolute Gasteiger partial charge is 0.493 e. The van der Waals surface area contributed by atoms with Gasteiger partial charge in [0.2, 0.25) is 5.75 Å². The van der Waals surface area contributed by atoms with Gasteiger partial charge in [0, 0.05) is 19.6 Å². The van der Waals surface area contributed by atoms with Crippen molar-refractivity contribution >= 4 is 5.91 Å². The van der Waals surface area contributed by atoms with E-state index in [-0.39, 0.29) is 12.0 Å². The van der Waals surface area contributed by atoms with Gasteiger partial charge in [0.1, 0.15) is 0 Å². The van der Waals surface area contributed by atoms with Gasteiger partial charge in [0.05, 0.1) is 39.6 Å². The SMILES string of the molecule is COc1ccc(C(=O)N2CCOC(CN)C2)c(OC)c1OC. The number of nitrogens with zero attached hydrogens (tertiary/aromatic N) is 1. The first-order chi connectivity index (χ1) is 10.7. The third-order valence-electron chi connectivity index (χ3n) is 3.62. The number of amides is 1. The quantitative estimate of drug-likeness (QED) is 0.853. The maximum Gasteiger partial charge on any atom is 0.257 e. The summed E-state index contributed by atoms with van der Waals surface area (Å²) in [5.74, 6) is 1.14. The van der Waals surface area contributed by atoms with Gasteiger partial charge in [-0.3, -0.25) is 4.79 Å². The Morgan fingerprint density at radius 2 is 2.00 bits per heavy atom. The Bertz CT molecular complexity index is 535. The number of ether oxygens (including phenoxy) is 4. The van der Waals surface area contributed by atoms with E-state index in [1.807, 2.05) is 0 Å². The van der Waals surface area contributed by atoms with Crippen LogP contribution < -0.4 is 19.9 Å². The van der Waals surface area contributed by atoms with Crippen LogP contribution in [0, 0.1) is 0 Å². The lowest BCUT2D eigenvalue weighted by Crippen LogP contribution is -2.48. The first-order valence-corrected chi connectivity index (χ1v) is 7.06. The molecule has 1 unspecified atom stereocenters. The molecule has 22 heavy (non-hydrogen) atoms. The summed E-state index contributed by atoms with van der Waals surface area (Å²) in [6, 6.07) is 3.37. The molecule has 1 saturated heterocycles. The minimum Gasteiger partial charge on any atom is -0.493 e. The summed E-state index contributed by atoms with van der Waals surface area (Å²) >= 11 is 0. The molecule has 0 bridgehead atoms. The van der Waals surface area contributed by atoms with Crippen LogP contribution in [0.4, 0.5) is 0 Å². The van der Waals surface area contributed by atoms with Gasteiger partial charge < -0.3 is 29.6 Å². The van der Waals surface area contributed by atoms with Crippen molar-refractivity contribution in [2.45, 2.75) is 6.10 Å². The van der Waals surface area contributed by atoms with Gasteiger partial charge in [-0.05, 0) is 12.1 Å². The van der Waals surface area contributed by atoms with Crippen molar-refractivity contribution < 1.29 is 23.7 Å². The van der Waals surface area contributed by atoms with E-state index in [1.165, 1.54) is 21.3 Å². The molecule has 2 N–H and O–H groups in total. The molecule has 0 radical (unpaired) electrons. The zero-order valence-corrected chi connectivity index (χ0v) is 13.1. The second kappa shape index (κ2) is 7.33. The molecule has 1 aliphatic heterocycles. The molecule has 7 heteroatoms. The molecule has 7 nitrogen and oxygen atoms in total. The Balaban J connectivity index is 2.33. The molecule has 1 heterocycles. The number of nitrogens with two attached hydrogens (primary N) is 1. The Morgan fingerprint density at radius 3 is 2.59 bits per heavy atom. The molecule has 122 valence electrons. The van der Waals surface area contributed by atoms with E-state index in [2.05, 4.69) is 0 Å². The molecular formula is C15H22N2O5. The molecule has 2 rings (SSSR count). The fraction of sp³-hybridized carbons (Fsp3) is 0.533. The highest BCUT2D eigenvalue weighted by Crippen LogP contribution is 2.40. The normalized spacial score (nSPS) is 18.0. The molecular weight excluding hydrogens is 288 g/mol. The number of carbonyl (C=O) groups excluding carboxylic acids is 1. The summed E-state index contributed by atoms with van der Waals surface area (Å²) in [5, 5.41) is 0. The maximum atomic E-state index is 12.8. The minimum absolute atomic E-state index is 0.135. The summed E-state index contributed by atoms with van der Waals surface area (Å²) < 4.78 is 21.4. The van der Waals surface area contributed by atoms with E-state index in [0.29, 0.717) is 49.1 Å². The predicted molar refractivity (Wildman–Crippen MR) is 80.8 cm³/mol. The highest BCUT2D eigenvalue weighted by atomic mass is 16.5. The molecule has 1 fully saturated rings. The van der Waals surface area contributed by atoms with Crippen LogP contribution in [0.2, 0.25) is 0 Å². The van der Waals surface area contributed by atoms with Gasteiger partial charge in [-0.2, -0.15) is 0 Å². The third-order valence-corrected chi connectivity index (χ3v) is 3.62. The van der Waals surface area contributed by atoms with E-state index in [4.69, 9.17) is 24.7 Å². The van der Waals surface area contributed by atoms with Crippen molar-refractivity contribution in [3.05, 3.63) is 17.7 Å². The number of hydrogen-bond donors (Lipinski definition) is 1. The number of carbonyl (C=O) groups is 1. The average molecular weight is 310 g/mol. The zero-order valence-electron chi connectivity index (χ0n) is 13.1. The van der Waals surface area contributed by atoms with Crippen molar-refractivity contribution in [2.75, 3.05) is 47.6 Å². The monoisotopic (exact) mass is 310 g/mol. The van der Waals surface area contributed by atoms with E-state index in [1.54, 1.807) is 17.0 Å². The van der Waals surface area contributed by atoms with Gasteiger partial charge in [0.15, 0.2) is 11.5 Å². The van der Waals surface area contributed by atoms with Crippen LogP contribution in [0.15, 0.2) is 12.1 Å². The van der Waals surface area contributed by atoms with Crippen LogP contribution in [0.3, 0.4) is 0 Å². The molecule has 0 aromatic heterocycles. The van der Waals surface area contributed by atoms with Gasteiger partial charge in [-0.15, -0.1) is 0 Å². The van der Waals surface area contributed by atoms with Gasteiger partial charge >= 0.3 is 0 Å². The topological polar surface area (TPSA) is 83.2 Å². The molecule has 1 atom stereocenters. The minimum atomic E-state index is -0.139. The van der Waals surface area contributed by atoms with Gasteiger partial charge in [0.25, 0.3) is 5.91 Å². The summed E-state index contributed by atoms with van der Waals surface area (Å²) in [6.45, 7) is 1.84. The Labute approximate surface area is 129 Å². The van der Waals surface area contributed by atoms with E-state index >= 15 is 0 Å². The second-order valence-corrected chi connectivity index (χ2v) is 4.86. The first-order valence-electron chi connectivity index (χ1n) is 7.06. The lowest BCUT2D eigenvalue weighted by molar-refractivity contribution is -0.0168. The number of rotatable bonds is 5. The number of benzene rings is 1. The van der Waals surface area contributed by atoms with Crippen LogP contribution >= 0.6 is 0 Å². The average Bonchev–Trinajstić information content (AvgIpc) is 2.59. The summed E-state index contributed by atoms with van der Waals surface area (Å²) in [7, 11) is 4.54. The van der Waals surface area contributed by atoms with Crippen LogP contribution in [0.1, 0.15) is 10.4 Å².